The van der Waals surface area contributed by atoms with Crippen molar-refractivity contribution in [3.05, 3.63) is 35.1 Å². The molecule has 0 aliphatic carbocycles. The molecule has 14 heavy (non-hydrogen) atoms. The predicted octanol–water partition coefficient (Wildman–Crippen LogP) is 1.01. The summed E-state index contributed by atoms with van der Waals surface area (Å²) >= 11 is 0. The number of aliphatic hydroxyl groups excluding tert-OH is 1. The van der Waals surface area contributed by atoms with Crippen LogP contribution in [0.5, 0.6) is 0 Å². The van der Waals surface area contributed by atoms with Gasteiger partial charge < -0.3 is 5.11 Å². The van der Waals surface area contributed by atoms with E-state index >= 15 is 0 Å². The van der Waals surface area contributed by atoms with E-state index in [0.717, 1.165) is 12.1 Å². The van der Waals surface area contributed by atoms with E-state index in [1.807, 2.05) is 0 Å². The number of rotatable bonds is 2. The van der Waals surface area contributed by atoms with Gasteiger partial charge in [0.25, 0.3) is 10.1 Å². The molecule has 0 aromatic heterocycles. The maximum Gasteiger partial charge on any atom is 0.296 e. The van der Waals surface area contributed by atoms with Crippen molar-refractivity contribution in [3.8, 4) is 0 Å². The smallest absolute Gasteiger partial charge is 0.296 e. The Kier molecular flexibility index (Phi) is 2.89. The van der Waals surface area contributed by atoms with Crippen LogP contribution >= 0.6 is 0 Å². The van der Waals surface area contributed by atoms with Crippen molar-refractivity contribution in [1.29, 1.82) is 0 Å². The highest BCUT2D eigenvalue weighted by atomic mass is 32.2. The third-order valence-electron chi connectivity index (χ3n) is 1.70. The van der Waals surface area contributed by atoms with Gasteiger partial charge in [-0.25, -0.2) is 4.39 Å². The van der Waals surface area contributed by atoms with E-state index in [2.05, 4.69) is 0 Å². The van der Waals surface area contributed by atoms with Gasteiger partial charge in [0.15, 0.2) is 0 Å². The molecule has 0 heterocycles. The fourth-order valence-electron chi connectivity index (χ4n) is 1.01. The minimum absolute atomic E-state index is 0.451. The first-order valence-corrected chi connectivity index (χ1v) is 5.23. The maximum atomic E-state index is 13.0. The standard InChI is InChI=1S/C8H9FO4S/c1-5-2-3-7(9)6(4-5)8(10)14(11,12)13/h2-4,8,10H,1H3,(H,11,12,13). The van der Waals surface area contributed by atoms with Crippen LogP contribution in [0.25, 0.3) is 0 Å². The van der Waals surface area contributed by atoms with Gasteiger partial charge >= 0.3 is 0 Å². The molecule has 0 amide bonds. The Hall–Kier alpha value is -0.980. The van der Waals surface area contributed by atoms with Crippen LogP contribution in [0.4, 0.5) is 4.39 Å². The van der Waals surface area contributed by atoms with E-state index < -0.39 is 26.9 Å². The van der Waals surface area contributed by atoms with Gasteiger partial charge in [-0.15, -0.1) is 0 Å². The van der Waals surface area contributed by atoms with Crippen LogP contribution in [-0.2, 0) is 10.1 Å². The van der Waals surface area contributed by atoms with Crippen LogP contribution in [0.15, 0.2) is 18.2 Å². The van der Waals surface area contributed by atoms with Crippen LogP contribution in [0.3, 0.4) is 0 Å². The quantitative estimate of drug-likeness (QED) is 0.729. The second kappa shape index (κ2) is 3.64. The van der Waals surface area contributed by atoms with Crippen molar-refractivity contribution in [3.63, 3.8) is 0 Å². The fraction of sp³-hybridized carbons (Fsp3) is 0.250. The summed E-state index contributed by atoms with van der Waals surface area (Å²) in [6.45, 7) is 1.61. The summed E-state index contributed by atoms with van der Waals surface area (Å²) in [5.41, 5.74) is -2.10. The molecule has 0 saturated heterocycles. The van der Waals surface area contributed by atoms with E-state index in [9.17, 15) is 12.8 Å². The molecule has 0 radical (unpaired) electrons. The third-order valence-corrected chi connectivity index (χ3v) is 2.52. The number of aryl methyl sites for hydroxylation is 1. The molecule has 0 saturated carbocycles. The van der Waals surface area contributed by atoms with Crippen molar-refractivity contribution in [1.82, 2.24) is 0 Å². The van der Waals surface area contributed by atoms with Crippen molar-refractivity contribution in [2.75, 3.05) is 0 Å². The van der Waals surface area contributed by atoms with Crippen LogP contribution in [0, 0.1) is 12.7 Å². The van der Waals surface area contributed by atoms with Gasteiger partial charge in [-0.1, -0.05) is 11.6 Å². The number of hydrogen-bond acceptors (Lipinski definition) is 3. The topological polar surface area (TPSA) is 74.6 Å². The Labute approximate surface area is 80.7 Å². The lowest BCUT2D eigenvalue weighted by Gasteiger charge is -2.09. The summed E-state index contributed by atoms with van der Waals surface area (Å²) in [6.07, 6.45) is 0. The van der Waals surface area contributed by atoms with Gasteiger partial charge in [-0.3, -0.25) is 4.55 Å². The summed E-state index contributed by atoms with van der Waals surface area (Å²) in [5, 5.41) is 9.08. The summed E-state index contributed by atoms with van der Waals surface area (Å²) in [7, 11) is -4.68. The monoisotopic (exact) mass is 220 g/mol. The molecule has 1 unspecified atom stereocenters. The zero-order valence-electron chi connectivity index (χ0n) is 7.31. The first-order valence-electron chi connectivity index (χ1n) is 3.73. The lowest BCUT2D eigenvalue weighted by atomic mass is 10.1. The van der Waals surface area contributed by atoms with E-state index in [-0.39, 0.29) is 0 Å². The molecular weight excluding hydrogens is 211 g/mol. The maximum absolute atomic E-state index is 13.0. The Morgan fingerprint density at radius 2 is 2.00 bits per heavy atom. The van der Waals surface area contributed by atoms with Gasteiger partial charge in [0, 0.05) is 5.56 Å². The molecule has 1 aromatic rings. The minimum atomic E-state index is -4.68. The average molecular weight is 220 g/mol. The van der Waals surface area contributed by atoms with E-state index in [1.165, 1.54) is 6.07 Å². The van der Waals surface area contributed by atoms with Crippen LogP contribution < -0.4 is 0 Å². The predicted molar refractivity (Wildman–Crippen MR) is 47.6 cm³/mol. The molecule has 1 rings (SSSR count). The van der Waals surface area contributed by atoms with Gasteiger partial charge in [0.1, 0.15) is 5.82 Å². The highest BCUT2D eigenvalue weighted by Crippen LogP contribution is 2.22. The van der Waals surface area contributed by atoms with E-state index in [1.54, 1.807) is 6.92 Å². The summed E-state index contributed by atoms with van der Waals surface area (Å²) in [5.74, 6) is -0.874. The molecular formula is C8H9FO4S. The third kappa shape index (κ3) is 2.28. The zero-order chi connectivity index (χ0) is 10.9. The first-order chi connectivity index (χ1) is 6.32. The van der Waals surface area contributed by atoms with Crippen LogP contribution in [-0.4, -0.2) is 18.1 Å². The van der Waals surface area contributed by atoms with Gasteiger partial charge in [-0.2, -0.15) is 8.42 Å². The molecule has 0 spiro atoms. The molecule has 0 aliphatic rings. The van der Waals surface area contributed by atoms with Crippen molar-refractivity contribution in [2.45, 2.75) is 12.4 Å². The number of benzene rings is 1. The molecule has 1 atom stereocenters. The molecule has 78 valence electrons. The van der Waals surface area contributed by atoms with Crippen molar-refractivity contribution in [2.24, 2.45) is 0 Å². The molecule has 0 bridgehead atoms. The lowest BCUT2D eigenvalue weighted by Crippen LogP contribution is -2.13. The molecule has 1 aromatic carbocycles. The second-order valence-corrected chi connectivity index (χ2v) is 4.37. The normalized spacial score (nSPS) is 14.0. The van der Waals surface area contributed by atoms with Gasteiger partial charge in [0.05, 0.1) is 0 Å². The van der Waals surface area contributed by atoms with Crippen molar-refractivity contribution >= 4 is 10.1 Å². The largest absolute Gasteiger partial charge is 0.371 e. The fourth-order valence-corrected chi connectivity index (χ4v) is 1.51. The first kappa shape index (κ1) is 11.1. The van der Waals surface area contributed by atoms with E-state index in [4.69, 9.17) is 9.66 Å². The molecule has 0 fully saturated rings. The Morgan fingerprint density at radius 1 is 1.43 bits per heavy atom. The molecule has 4 nitrogen and oxygen atoms in total. The highest BCUT2D eigenvalue weighted by Gasteiger charge is 2.24. The zero-order valence-corrected chi connectivity index (χ0v) is 8.12. The van der Waals surface area contributed by atoms with Crippen LogP contribution in [0.2, 0.25) is 0 Å². The molecule has 0 aliphatic heterocycles. The Bertz CT molecular complexity index is 441. The average Bonchev–Trinajstić information content (AvgIpc) is 2.06. The molecule has 6 heteroatoms. The number of halogens is 1. The minimum Gasteiger partial charge on any atom is -0.371 e. The van der Waals surface area contributed by atoms with Gasteiger partial charge in [0.2, 0.25) is 5.44 Å². The lowest BCUT2D eigenvalue weighted by molar-refractivity contribution is 0.233. The highest BCUT2D eigenvalue weighted by molar-refractivity contribution is 7.85. The SMILES string of the molecule is Cc1ccc(F)c(C(O)S(=O)(=O)O)c1. The second-order valence-electron chi connectivity index (χ2n) is 2.89. The summed E-state index contributed by atoms with van der Waals surface area (Å²) < 4.78 is 42.6. The summed E-state index contributed by atoms with van der Waals surface area (Å²) in [4.78, 5) is 0. The summed E-state index contributed by atoms with van der Waals surface area (Å²) in [6, 6.07) is 3.61. The Morgan fingerprint density at radius 3 is 2.50 bits per heavy atom. The number of aliphatic hydroxyl groups is 1. The van der Waals surface area contributed by atoms with Crippen LogP contribution in [0.1, 0.15) is 16.6 Å². The van der Waals surface area contributed by atoms with Crippen molar-refractivity contribution < 1.29 is 22.5 Å². The Balaban J connectivity index is 3.26. The van der Waals surface area contributed by atoms with Gasteiger partial charge in [-0.05, 0) is 19.1 Å². The molecule has 2 N–H and O–H groups in total. The number of hydrogen-bond donors (Lipinski definition) is 2. The van der Waals surface area contributed by atoms with E-state index in [0.29, 0.717) is 5.56 Å².